The molecule has 2 amide bonds. The zero-order chi connectivity index (χ0) is 21.2. The zero-order valence-electron chi connectivity index (χ0n) is 16.9. The van der Waals surface area contributed by atoms with Crippen molar-refractivity contribution in [1.29, 1.82) is 0 Å². The van der Waals surface area contributed by atoms with Crippen molar-refractivity contribution < 1.29 is 18.0 Å². The summed E-state index contributed by atoms with van der Waals surface area (Å²) in [6, 6.07) is 5.98. The Hall–Kier alpha value is -2.68. The molecule has 2 N–H and O–H groups in total. The van der Waals surface area contributed by atoms with Crippen molar-refractivity contribution in [3.8, 4) is 0 Å². The van der Waals surface area contributed by atoms with Crippen LogP contribution in [0.4, 0.5) is 10.5 Å². The minimum Gasteiger partial charge on any atom is -0.307 e. The molecular weight excluding hydrogens is 380 g/mol. The van der Waals surface area contributed by atoms with Gasteiger partial charge in [0.05, 0.1) is 0 Å². The SMILES string of the molecule is CC(=O)c1cc(S(=O)(=O)NC(=O)Nc2c(C(C)C)cccc2C(C)C)nn1C. The third-order valence-electron chi connectivity index (χ3n) is 4.33. The zero-order valence-corrected chi connectivity index (χ0v) is 17.7. The van der Waals surface area contributed by atoms with Crippen LogP contribution in [0.5, 0.6) is 0 Å². The van der Waals surface area contributed by atoms with Crippen LogP contribution in [0.2, 0.25) is 0 Å². The van der Waals surface area contributed by atoms with Crippen LogP contribution in [0.15, 0.2) is 29.3 Å². The van der Waals surface area contributed by atoms with Gasteiger partial charge >= 0.3 is 6.03 Å². The number of carbonyl (C=O) groups is 2. The Kier molecular flexibility index (Phi) is 6.28. The summed E-state index contributed by atoms with van der Waals surface area (Å²) in [6.45, 7) is 9.30. The fourth-order valence-electron chi connectivity index (χ4n) is 2.91. The van der Waals surface area contributed by atoms with Crippen LogP contribution >= 0.6 is 0 Å². The molecule has 0 aliphatic carbocycles. The highest BCUT2D eigenvalue weighted by Crippen LogP contribution is 2.32. The van der Waals surface area contributed by atoms with Crippen molar-refractivity contribution in [2.24, 2.45) is 7.05 Å². The van der Waals surface area contributed by atoms with Crippen LogP contribution in [0, 0.1) is 0 Å². The second-order valence-corrected chi connectivity index (χ2v) is 8.86. The Morgan fingerprint density at radius 1 is 1.07 bits per heavy atom. The van der Waals surface area contributed by atoms with E-state index < -0.39 is 21.1 Å². The molecule has 0 fully saturated rings. The van der Waals surface area contributed by atoms with Gasteiger partial charge in [0.2, 0.25) is 0 Å². The number of anilines is 1. The molecule has 2 rings (SSSR count). The maximum absolute atomic E-state index is 12.5. The van der Waals surface area contributed by atoms with Crippen LogP contribution in [-0.4, -0.2) is 30.0 Å². The number of rotatable bonds is 6. The number of carbonyl (C=O) groups excluding carboxylic acids is 2. The number of Topliss-reactive ketones (excluding diaryl/α,β-unsaturated/α-hetero) is 1. The Bertz CT molecular complexity index is 981. The normalized spacial score (nSPS) is 11.7. The third kappa shape index (κ3) is 4.59. The second-order valence-electron chi connectivity index (χ2n) is 7.23. The predicted molar refractivity (Wildman–Crippen MR) is 107 cm³/mol. The molecule has 0 saturated carbocycles. The van der Waals surface area contributed by atoms with E-state index in [-0.39, 0.29) is 23.3 Å². The largest absolute Gasteiger partial charge is 0.333 e. The van der Waals surface area contributed by atoms with Crippen molar-refractivity contribution in [1.82, 2.24) is 14.5 Å². The van der Waals surface area contributed by atoms with Gasteiger partial charge in [-0.3, -0.25) is 9.48 Å². The number of benzene rings is 1. The molecule has 0 radical (unpaired) electrons. The van der Waals surface area contributed by atoms with Gasteiger partial charge in [-0.15, -0.1) is 0 Å². The lowest BCUT2D eigenvalue weighted by atomic mass is 9.93. The van der Waals surface area contributed by atoms with E-state index in [1.807, 2.05) is 50.6 Å². The Morgan fingerprint density at radius 3 is 2.04 bits per heavy atom. The Morgan fingerprint density at radius 2 is 1.61 bits per heavy atom. The lowest BCUT2D eigenvalue weighted by molar-refractivity contribution is 0.100. The van der Waals surface area contributed by atoms with E-state index in [1.54, 1.807) is 0 Å². The van der Waals surface area contributed by atoms with Crippen LogP contribution < -0.4 is 10.0 Å². The molecular formula is C19H26N4O4S. The van der Waals surface area contributed by atoms with E-state index in [4.69, 9.17) is 0 Å². The lowest BCUT2D eigenvalue weighted by Gasteiger charge is -2.20. The van der Waals surface area contributed by atoms with Gasteiger partial charge in [-0.2, -0.15) is 13.5 Å². The number of amides is 2. The molecule has 9 heteroatoms. The van der Waals surface area contributed by atoms with Gasteiger partial charge in [0, 0.05) is 25.7 Å². The molecule has 0 spiro atoms. The summed E-state index contributed by atoms with van der Waals surface area (Å²) in [6.07, 6.45) is 0. The van der Waals surface area contributed by atoms with Crippen LogP contribution in [-0.2, 0) is 17.1 Å². The van der Waals surface area contributed by atoms with Crippen molar-refractivity contribution in [3.63, 3.8) is 0 Å². The number of hydrogen-bond donors (Lipinski definition) is 2. The van der Waals surface area contributed by atoms with E-state index in [2.05, 4.69) is 10.4 Å². The number of aromatic nitrogens is 2. The van der Waals surface area contributed by atoms with E-state index in [0.29, 0.717) is 5.69 Å². The van der Waals surface area contributed by atoms with Gasteiger partial charge < -0.3 is 5.32 Å². The lowest BCUT2D eigenvalue weighted by Crippen LogP contribution is -2.35. The topological polar surface area (TPSA) is 110 Å². The van der Waals surface area contributed by atoms with Crippen molar-refractivity contribution in [2.45, 2.75) is 51.5 Å². The molecule has 0 unspecified atom stereocenters. The van der Waals surface area contributed by atoms with E-state index >= 15 is 0 Å². The van der Waals surface area contributed by atoms with Crippen LogP contribution in [0.1, 0.15) is 68.1 Å². The fraction of sp³-hybridized carbons (Fsp3) is 0.421. The maximum atomic E-state index is 12.5. The first kappa shape index (κ1) is 21.6. The van der Waals surface area contributed by atoms with E-state index in [0.717, 1.165) is 17.2 Å². The van der Waals surface area contributed by atoms with Gasteiger partial charge in [0.25, 0.3) is 10.0 Å². The molecule has 152 valence electrons. The Balaban J connectivity index is 2.32. The van der Waals surface area contributed by atoms with Gasteiger partial charge in [0.1, 0.15) is 5.69 Å². The third-order valence-corrected chi connectivity index (χ3v) is 5.54. The highest BCUT2D eigenvalue weighted by atomic mass is 32.2. The predicted octanol–water partition coefficient (Wildman–Crippen LogP) is 3.38. The average Bonchev–Trinajstić information content (AvgIpc) is 2.97. The summed E-state index contributed by atoms with van der Waals surface area (Å²) in [5.41, 5.74) is 2.56. The first-order valence-corrected chi connectivity index (χ1v) is 10.4. The molecule has 28 heavy (non-hydrogen) atoms. The number of urea groups is 1. The molecule has 0 aliphatic heterocycles. The van der Waals surface area contributed by atoms with Crippen LogP contribution in [0.25, 0.3) is 0 Å². The summed E-state index contributed by atoms with van der Waals surface area (Å²) in [4.78, 5) is 24.0. The van der Waals surface area contributed by atoms with Crippen molar-refractivity contribution >= 4 is 27.5 Å². The molecule has 8 nitrogen and oxygen atoms in total. The second kappa shape index (κ2) is 8.14. The number of nitrogens with one attached hydrogen (secondary N) is 2. The molecule has 0 aliphatic rings. The molecule has 0 atom stereocenters. The van der Waals surface area contributed by atoms with Crippen molar-refractivity contribution in [3.05, 3.63) is 41.1 Å². The van der Waals surface area contributed by atoms with Gasteiger partial charge in [-0.25, -0.2) is 9.52 Å². The minimum atomic E-state index is -4.23. The first-order valence-electron chi connectivity index (χ1n) is 8.95. The highest BCUT2D eigenvalue weighted by Gasteiger charge is 2.24. The summed E-state index contributed by atoms with van der Waals surface area (Å²) < 4.78 is 28.1. The summed E-state index contributed by atoms with van der Waals surface area (Å²) in [5, 5.41) is 6.11. The number of hydrogen-bond acceptors (Lipinski definition) is 5. The van der Waals surface area contributed by atoms with Crippen molar-refractivity contribution in [2.75, 3.05) is 5.32 Å². The quantitative estimate of drug-likeness (QED) is 0.715. The number of nitrogens with zero attached hydrogens (tertiary/aromatic N) is 2. The standard InChI is InChI=1S/C19H26N4O4S/c1-11(2)14-8-7-9-15(12(3)4)18(14)20-19(25)22-28(26,27)17-10-16(13(5)24)23(6)21-17/h7-12H,1-6H3,(H2,20,22,25). The fourth-order valence-corrected chi connectivity index (χ4v) is 3.81. The summed E-state index contributed by atoms with van der Waals surface area (Å²) in [5.74, 6) is -0.0487. The number of sulfonamides is 1. The molecule has 0 bridgehead atoms. The van der Waals surface area contributed by atoms with Gasteiger partial charge in [-0.05, 0) is 23.0 Å². The average molecular weight is 407 g/mol. The van der Waals surface area contributed by atoms with E-state index in [1.165, 1.54) is 18.7 Å². The monoisotopic (exact) mass is 406 g/mol. The summed E-state index contributed by atoms with van der Waals surface area (Å²) in [7, 11) is -2.77. The molecule has 1 aromatic carbocycles. The molecule has 1 heterocycles. The summed E-state index contributed by atoms with van der Waals surface area (Å²) >= 11 is 0. The van der Waals surface area contributed by atoms with Gasteiger partial charge in [-0.1, -0.05) is 45.9 Å². The number of ketones is 1. The highest BCUT2D eigenvalue weighted by molar-refractivity contribution is 7.90. The number of para-hydroxylation sites is 1. The van der Waals surface area contributed by atoms with E-state index in [9.17, 15) is 18.0 Å². The smallest absolute Gasteiger partial charge is 0.307 e. The Labute approximate surface area is 165 Å². The van der Waals surface area contributed by atoms with Crippen LogP contribution in [0.3, 0.4) is 0 Å². The van der Waals surface area contributed by atoms with Gasteiger partial charge in [0.15, 0.2) is 10.8 Å². The molecule has 1 aromatic heterocycles. The minimum absolute atomic E-state index is 0.132. The first-order chi connectivity index (χ1) is 12.9. The molecule has 2 aromatic rings. The maximum Gasteiger partial charge on any atom is 0.333 e. The molecule has 0 saturated heterocycles. The number of aryl methyl sites for hydroxylation is 1.